The molecule has 3 rings (SSSR count). The Morgan fingerprint density at radius 3 is 2.88 bits per heavy atom. The monoisotopic (exact) mass is 345 g/mol. The molecule has 1 amide bonds. The Kier molecular flexibility index (Phi) is 4.84. The summed E-state index contributed by atoms with van der Waals surface area (Å²) in [6, 6.07) is 5.25. The van der Waals surface area contributed by atoms with Crippen molar-refractivity contribution in [3.05, 3.63) is 23.8 Å². The van der Waals surface area contributed by atoms with Gasteiger partial charge in [-0.3, -0.25) is 4.79 Å². The topological polar surface area (TPSA) is 48.0 Å². The zero-order valence-corrected chi connectivity index (χ0v) is 13.0. The largest absolute Gasteiger partial charge is 0.486 e. The molecule has 1 unspecified atom stereocenters. The van der Waals surface area contributed by atoms with Gasteiger partial charge < -0.3 is 19.1 Å². The summed E-state index contributed by atoms with van der Waals surface area (Å²) in [6.07, 6.45) is -2.93. The van der Waals surface area contributed by atoms with Gasteiger partial charge in [0, 0.05) is 12.1 Å². The normalized spacial score (nSPS) is 20.3. The number of ether oxygens (including phenoxy) is 3. The van der Waals surface area contributed by atoms with Gasteiger partial charge in [-0.2, -0.15) is 13.2 Å². The van der Waals surface area contributed by atoms with Crippen molar-refractivity contribution in [1.82, 2.24) is 4.90 Å². The lowest BCUT2D eigenvalue weighted by Crippen LogP contribution is -2.35. The van der Waals surface area contributed by atoms with E-state index >= 15 is 0 Å². The van der Waals surface area contributed by atoms with E-state index in [2.05, 4.69) is 4.74 Å². The molecule has 0 aliphatic carbocycles. The summed E-state index contributed by atoms with van der Waals surface area (Å²) < 4.78 is 52.1. The number of hydrogen-bond donors (Lipinski definition) is 0. The first-order valence-electron chi connectivity index (χ1n) is 7.78. The Morgan fingerprint density at radius 1 is 1.29 bits per heavy atom. The standard InChI is InChI=1S/C16H18F3NO4/c17-16(18,19)10-22-9-14(21)20-6-2-4-12(20)11-3-1-5-13-15(11)24-8-7-23-13/h1,3,5,12H,2,4,6-10H2. The third-order valence-corrected chi connectivity index (χ3v) is 4.02. The number of hydrogen-bond acceptors (Lipinski definition) is 4. The second kappa shape index (κ2) is 6.88. The number of carbonyl (C=O) groups excluding carboxylic acids is 1. The number of alkyl halides is 3. The van der Waals surface area contributed by atoms with Gasteiger partial charge in [0.25, 0.3) is 0 Å². The Bertz CT molecular complexity index is 605. The molecular formula is C16H18F3NO4. The van der Waals surface area contributed by atoms with Crippen LogP contribution in [0.25, 0.3) is 0 Å². The number of rotatable bonds is 4. The molecule has 24 heavy (non-hydrogen) atoms. The van der Waals surface area contributed by atoms with Crippen LogP contribution in [0.1, 0.15) is 24.4 Å². The van der Waals surface area contributed by atoms with Crippen LogP contribution in [0.4, 0.5) is 13.2 Å². The van der Waals surface area contributed by atoms with Crippen LogP contribution in [0.2, 0.25) is 0 Å². The molecule has 5 nitrogen and oxygen atoms in total. The minimum atomic E-state index is -4.44. The predicted molar refractivity (Wildman–Crippen MR) is 78.0 cm³/mol. The van der Waals surface area contributed by atoms with Gasteiger partial charge in [-0.15, -0.1) is 0 Å². The average molecular weight is 345 g/mol. The number of benzene rings is 1. The maximum absolute atomic E-state index is 12.2. The first kappa shape index (κ1) is 16.9. The molecule has 2 heterocycles. The maximum Gasteiger partial charge on any atom is 0.411 e. The van der Waals surface area contributed by atoms with Gasteiger partial charge in [0.2, 0.25) is 5.91 Å². The van der Waals surface area contributed by atoms with Crippen molar-refractivity contribution >= 4 is 5.91 Å². The fourth-order valence-electron chi connectivity index (χ4n) is 3.08. The van der Waals surface area contributed by atoms with E-state index < -0.39 is 25.3 Å². The molecule has 0 radical (unpaired) electrons. The number of nitrogens with zero attached hydrogens (tertiary/aromatic N) is 1. The first-order chi connectivity index (χ1) is 11.5. The van der Waals surface area contributed by atoms with Crippen molar-refractivity contribution in [2.45, 2.75) is 25.1 Å². The first-order valence-corrected chi connectivity index (χ1v) is 7.78. The van der Waals surface area contributed by atoms with Gasteiger partial charge in [0.05, 0.1) is 6.04 Å². The number of halogens is 3. The second-order valence-electron chi connectivity index (χ2n) is 5.72. The third-order valence-electron chi connectivity index (χ3n) is 4.02. The molecule has 0 spiro atoms. The zero-order valence-electron chi connectivity index (χ0n) is 13.0. The van der Waals surface area contributed by atoms with Gasteiger partial charge in [-0.25, -0.2) is 0 Å². The molecule has 0 N–H and O–H groups in total. The van der Waals surface area contributed by atoms with Gasteiger partial charge >= 0.3 is 6.18 Å². The number of likely N-dealkylation sites (tertiary alicyclic amines) is 1. The van der Waals surface area contributed by atoms with Gasteiger partial charge in [0.1, 0.15) is 26.4 Å². The molecule has 0 saturated carbocycles. The van der Waals surface area contributed by atoms with Crippen LogP contribution in [-0.2, 0) is 9.53 Å². The third kappa shape index (κ3) is 3.75. The van der Waals surface area contributed by atoms with Crippen molar-refractivity contribution in [1.29, 1.82) is 0 Å². The summed E-state index contributed by atoms with van der Waals surface area (Å²) in [7, 11) is 0. The molecule has 132 valence electrons. The van der Waals surface area contributed by atoms with E-state index in [-0.39, 0.29) is 6.04 Å². The van der Waals surface area contributed by atoms with E-state index in [0.29, 0.717) is 31.3 Å². The Balaban J connectivity index is 1.71. The van der Waals surface area contributed by atoms with E-state index in [4.69, 9.17) is 9.47 Å². The summed E-state index contributed by atoms with van der Waals surface area (Å²) in [5, 5.41) is 0. The minimum absolute atomic E-state index is 0.233. The Morgan fingerprint density at radius 2 is 2.08 bits per heavy atom. The smallest absolute Gasteiger partial charge is 0.411 e. The molecule has 1 fully saturated rings. The number of fused-ring (bicyclic) bond motifs is 1. The van der Waals surface area contributed by atoms with E-state index in [1.807, 2.05) is 12.1 Å². The Labute approximate surface area is 137 Å². The second-order valence-corrected chi connectivity index (χ2v) is 5.72. The quantitative estimate of drug-likeness (QED) is 0.842. The van der Waals surface area contributed by atoms with E-state index in [1.165, 1.54) is 0 Å². The highest BCUT2D eigenvalue weighted by molar-refractivity contribution is 5.78. The molecule has 8 heteroatoms. The van der Waals surface area contributed by atoms with Crippen LogP contribution in [0.5, 0.6) is 11.5 Å². The zero-order chi connectivity index (χ0) is 17.2. The molecule has 1 saturated heterocycles. The summed E-state index contributed by atoms with van der Waals surface area (Å²) >= 11 is 0. The SMILES string of the molecule is O=C(COCC(F)(F)F)N1CCCC1c1cccc2c1OCCO2. The molecule has 1 aromatic rings. The van der Waals surface area contributed by atoms with Crippen molar-refractivity contribution in [2.24, 2.45) is 0 Å². The fourth-order valence-corrected chi connectivity index (χ4v) is 3.08. The molecule has 0 bridgehead atoms. The van der Waals surface area contributed by atoms with Crippen molar-refractivity contribution in [3.8, 4) is 11.5 Å². The molecule has 2 aliphatic heterocycles. The maximum atomic E-state index is 12.2. The Hall–Kier alpha value is -1.96. The van der Waals surface area contributed by atoms with Gasteiger partial charge in [-0.05, 0) is 18.9 Å². The molecule has 0 aromatic heterocycles. The molecule has 2 aliphatic rings. The molecule has 1 aromatic carbocycles. The predicted octanol–water partition coefficient (Wildman–Crippen LogP) is 2.70. The van der Waals surface area contributed by atoms with Crippen LogP contribution < -0.4 is 9.47 Å². The average Bonchev–Trinajstić information content (AvgIpc) is 3.02. The number of amides is 1. The highest BCUT2D eigenvalue weighted by Gasteiger charge is 2.34. The highest BCUT2D eigenvalue weighted by atomic mass is 19.4. The van der Waals surface area contributed by atoms with Crippen molar-refractivity contribution in [2.75, 3.05) is 33.0 Å². The minimum Gasteiger partial charge on any atom is -0.486 e. The van der Waals surface area contributed by atoms with Crippen molar-refractivity contribution in [3.63, 3.8) is 0 Å². The van der Waals surface area contributed by atoms with Crippen LogP contribution in [0.3, 0.4) is 0 Å². The highest BCUT2D eigenvalue weighted by Crippen LogP contribution is 2.42. The molecule has 1 atom stereocenters. The molecular weight excluding hydrogens is 327 g/mol. The lowest BCUT2D eigenvalue weighted by atomic mass is 10.0. The lowest BCUT2D eigenvalue weighted by Gasteiger charge is -2.29. The summed E-state index contributed by atoms with van der Waals surface area (Å²) in [6.45, 7) is -0.616. The van der Waals surface area contributed by atoms with Crippen LogP contribution in [-0.4, -0.2) is 50.0 Å². The van der Waals surface area contributed by atoms with Gasteiger partial charge in [-0.1, -0.05) is 12.1 Å². The van der Waals surface area contributed by atoms with Gasteiger partial charge in [0.15, 0.2) is 11.5 Å². The van der Waals surface area contributed by atoms with E-state index in [1.54, 1.807) is 11.0 Å². The van der Waals surface area contributed by atoms with E-state index in [9.17, 15) is 18.0 Å². The fraction of sp³-hybridized carbons (Fsp3) is 0.562. The summed E-state index contributed by atoms with van der Waals surface area (Å²) in [4.78, 5) is 13.8. The lowest BCUT2D eigenvalue weighted by molar-refractivity contribution is -0.178. The number of para-hydroxylation sites is 1. The number of carbonyl (C=O) groups is 1. The van der Waals surface area contributed by atoms with E-state index in [0.717, 1.165) is 18.4 Å². The summed E-state index contributed by atoms with van der Waals surface area (Å²) in [5.41, 5.74) is 0.828. The van der Waals surface area contributed by atoms with Crippen molar-refractivity contribution < 1.29 is 32.2 Å². The van der Waals surface area contributed by atoms with Crippen LogP contribution in [0, 0.1) is 0 Å². The van der Waals surface area contributed by atoms with Crippen LogP contribution in [0.15, 0.2) is 18.2 Å². The summed E-state index contributed by atoms with van der Waals surface area (Å²) in [5.74, 6) is 0.798. The van der Waals surface area contributed by atoms with Crippen LogP contribution >= 0.6 is 0 Å².